The van der Waals surface area contributed by atoms with Crippen LogP contribution in [0.5, 0.6) is 0 Å². The zero-order valence-corrected chi connectivity index (χ0v) is 10.7. The van der Waals surface area contributed by atoms with Crippen LogP contribution in [0.1, 0.15) is 19.0 Å². The molecule has 1 aliphatic heterocycles. The molecule has 0 radical (unpaired) electrons. The minimum atomic E-state index is -2.97. The summed E-state index contributed by atoms with van der Waals surface area (Å²) in [6.45, 7) is 3.70. The van der Waals surface area contributed by atoms with Crippen LogP contribution in [0.4, 0.5) is 0 Å². The Bertz CT molecular complexity index is 505. The first kappa shape index (κ1) is 12.3. The molecule has 0 aromatic carbocycles. The first-order valence-corrected chi connectivity index (χ1v) is 7.45. The Morgan fingerprint density at radius 2 is 2.41 bits per heavy atom. The number of nitrogens with zero attached hydrogens (tertiary/aromatic N) is 2. The van der Waals surface area contributed by atoms with Gasteiger partial charge in [-0.1, -0.05) is 13.0 Å². The Morgan fingerprint density at radius 3 is 3.06 bits per heavy atom. The van der Waals surface area contributed by atoms with E-state index in [0.717, 1.165) is 18.7 Å². The molecule has 6 heteroatoms. The van der Waals surface area contributed by atoms with E-state index in [1.54, 1.807) is 6.08 Å². The van der Waals surface area contributed by atoms with E-state index in [1.807, 2.05) is 12.5 Å². The maximum Gasteiger partial charge on any atom is 0.173 e. The van der Waals surface area contributed by atoms with Gasteiger partial charge in [-0.2, -0.15) is 0 Å². The number of imidazole rings is 1. The van der Waals surface area contributed by atoms with Crippen molar-refractivity contribution >= 4 is 9.84 Å². The zero-order valence-electron chi connectivity index (χ0n) is 9.83. The molecule has 1 unspecified atom stereocenters. The summed E-state index contributed by atoms with van der Waals surface area (Å²) in [7, 11) is -2.97. The smallest absolute Gasteiger partial charge is 0.173 e. The molecule has 2 rings (SSSR count). The van der Waals surface area contributed by atoms with Crippen molar-refractivity contribution in [3.8, 4) is 0 Å². The second-order valence-electron chi connectivity index (χ2n) is 4.22. The Balaban J connectivity index is 1.90. The molecule has 0 amide bonds. The molecule has 0 spiro atoms. The molecule has 0 saturated heterocycles. The highest BCUT2D eigenvalue weighted by Gasteiger charge is 2.21. The Hall–Kier alpha value is -1.14. The molecule has 1 aromatic heterocycles. The van der Waals surface area contributed by atoms with Gasteiger partial charge in [0.05, 0.1) is 17.8 Å². The number of nitrogens with one attached hydrogen (secondary N) is 1. The van der Waals surface area contributed by atoms with Gasteiger partial charge in [-0.25, -0.2) is 13.4 Å². The molecule has 1 aromatic rings. The van der Waals surface area contributed by atoms with Crippen molar-refractivity contribution in [2.75, 3.05) is 5.75 Å². The zero-order chi connectivity index (χ0) is 12.3. The van der Waals surface area contributed by atoms with E-state index in [1.165, 1.54) is 5.41 Å². The highest BCUT2D eigenvalue weighted by atomic mass is 32.2. The number of aryl methyl sites for hydroxylation is 1. The molecule has 0 aliphatic carbocycles. The van der Waals surface area contributed by atoms with E-state index in [2.05, 4.69) is 21.8 Å². The maximum absolute atomic E-state index is 11.2. The van der Waals surface area contributed by atoms with E-state index in [-0.39, 0.29) is 11.8 Å². The topological polar surface area (TPSA) is 64.0 Å². The Morgan fingerprint density at radius 1 is 1.59 bits per heavy atom. The second kappa shape index (κ2) is 5.01. The fourth-order valence-electron chi connectivity index (χ4n) is 1.88. The average molecular weight is 255 g/mol. The minimum absolute atomic E-state index is 0.0787. The molecule has 0 bridgehead atoms. The second-order valence-corrected chi connectivity index (χ2v) is 6.16. The summed E-state index contributed by atoms with van der Waals surface area (Å²) in [5, 5.41) is 4.50. The molecule has 0 fully saturated rings. The number of hydrogen-bond acceptors (Lipinski definition) is 4. The Kier molecular flexibility index (Phi) is 3.63. The molecule has 0 saturated carbocycles. The predicted molar refractivity (Wildman–Crippen MR) is 66.1 cm³/mol. The SMILES string of the molecule is CCCn1cncc1CNC1C=CS(=O)(=O)C1. The predicted octanol–water partition coefficient (Wildman–Crippen LogP) is 0.693. The molecule has 94 valence electrons. The van der Waals surface area contributed by atoms with Crippen LogP contribution in [0.3, 0.4) is 0 Å². The molecule has 2 heterocycles. The fraction of sp³-hybridized carbons (Fsp3) is 0.545. The van der Waals surface area contributed by atoms with Gasteiger partial charge < -0.3 is 9.88 Å². The molecular weight excluding hydrogens is 238 g/mol. The van der Waals surface area contributed by atoms with Gasteiger partial charge in [-0.3, -0.25) is 0 Å². The summed E-state index contributed by atoms with van der Waals surface area (Å²) >= 11 is 0. The van der Waals surface area contributed by atoms with Gasteiger partial charge in [-0.15, -0.1) is 0 Å². The summed E-state index contributed by atoms with van der Waals surface area (Å²) in [4.78, 5) is 4.10. The monoisotopic (exact) mass is 255 g/mol. The normalized spacial score (nSPS) is 22.1. The summed E-state index contributed by atoms with van der Waals surface area (Å²) in [6, 6.07) is -0.0787. The van der Waals surface area contributed by atoms with Crippen LogP contribution in [-0.2, 0) is 22.9 Å². The molecular formula is C11H17N3O2S. The molecule has 1 aliphatic rings. The summed E-state index contributed by atoms with van der Waals surface area (Å²) < 4.78 is 24.5. The molecule has 1 atom stereocenters. The van der Waals surface area contributed by atoms with Crippen LogP contribution in [0.15, 0.2) is 24.0 Å². The van der Waals surface area contributed by atoms with Gasteiger partial charge in [0.25, 0.3) is 0 Å². The number of rotatable bonds is 5. The lowest BCUT2D eigenvalue weighted by Crippen LogP contribution is -2.30. The number of aromatic nitrogens is 2. The third-order valence-electron chi connectivity index (χ3n) is 2.74. The van der Waals surface area contributed by atoms with E-state index in [4.69, 9.17) is 0 Å². The van der Waals surface area contributed by atoms with Crippen LogP contribution in [0.2, 0.25) is 0 Å². The van der Waals surface area contributed by atoms with Crippen LogP contribution >= 0.6 is 0 Å². The van der Waals surface area contributed by atoms with Crippen molar-refractivity contribution in [3.63, 3.8) is 0 Å². The van der Waals surface area contributed by atoms with E-state index in [0.29, 0.717) is 6.54 Å². The quantitative estimate of drug-likeness (QED) is 0.841. The van der Waals surface area contributed by atoms with Gasteiger partial charge in [0.1, 0.15) is 0 Å². The van der Waals surface area contributed by atoms with Gasteiger partial charge in [0.15, 0.2) is 9.84 Å². The third-order valence-corrected chi connectivity index (χ3v) is 4.13. The lowest BCUT2D eigenvalue weighted by Gasteiger charge is -2.11. The van der Waals surface area contributed by atoms with E-state index >= 15 is 0 Å². The highest BCUT2D eigenvalue weighted by molar-refractivity contribution is 7.94. The molecule has 5 nitrogen and oxygen atoms in total. The Labute approximate surface area is 101 Å². The minimum Gasteiger partial charge on any atom is -0.333 e. The van der Waals surface area contributed by atoms with Gasteiger partial charge >= 0.3 is 0 Å². The maximum atomic E-state index is 11.2. The molecule has 17 heavy (non-hydrogen) atoms. The van der Waals surface area contributed by atoms with Crippen molar-refractivity contribution in [1.82, 2.24) is 14.9 Å². The van der Waals surface area contributed by atoms with Gasteiger partial charge in [0, 0.05) is 30.7 Å². The van der Waals surface area contributed by atoms with Gasteiger partial charge in [0.2, 0.25) is 0 Å². The first-order chi connectivity index (χ1) is 8.11. The third kappa shape index (κ3) is 3.17. The largest absolute Gasteiger partial charge is 0.333 e. The van der Waals surface area contributed by atoms with Crippen LogP contribution in [0.25, 0.3) is 0 Å². The number of sulfone groups is 1. The van der Waals surface area contributed by atoms with Crippen molar-refractivity contribution in [1.29, 1.82) is 0 Å². The lowest BCUT2D eigenvalue weighted by atomic mass is 10.3. The van der Waals surface area contributed by atoms with Gasteiger partial charge in [-0.05, 0) is 6.42 Å². The highest BCUT2D eigenvalue weighted by Crippen LogP contribution is 2.09. The van der Waals surface area contributed by atoms with Crippen molar-refractivity contribution < 1.29 is 8.42 Å². The average Bonchev–Trinajstić information content (AvgIpc) is 2.83. The summed E-state index contributed by atoms with van der Waals surface area (Å²) in [5.74, 6) is 0.162. The number of hydrogen-bond donors (Lipinski definition) is 1. The van der Waals surface area contributed by atoms with E-state index < -0.39 is 9.84 Å². The summed E-state index contributed by atoms with van der Waals surface area (Å²) in [5.41, 5.74) is 1.09. The van der Waals surface area contributed by atoms with Crippen molar-refractivity contribution in [2.45, 2.75) is 32.5 Å². The standard InChI is InChI=1S/C11H17N3O2S/c1-2-4-14-9-12-6-11(14)7-13-10-3-5-17(15,16)8-10/h3,5-6,9-10,13H,2,4,7-8H2,1H3. The fourth-order valence-corrected chi connectivity index (χ4v) is 3.15. The van der Waals surface area contributed by atoms with Crippen molar-refractivity contribution in [3.05, 3.63) is 29.7 Å². The van der Waals surface area contributed by atoms with E-state index in [9.17, 15) is 8.42 Å². The van der Waals surface area contributed by atoms with Crippen LogP contribution in [0, 0.1) is 0 Å². The summed E-state index contributed by atoms with van der Waals surface area (Å²) in [6.07, 6.45) is 6.38. The van der Waals surface area contributed by atoms with Crippen LogP contribution in [-0.4, -0.2) is 29.8 Å². The first-order valence-electron chi connectivity index (χ1n) is 5.74. The van der Waals surface area contributed by atoms with Crippen molar-refractivity contribution in [2.24, 2.45) is 0 Å². The molecule has 1 N–H and O–H groups in total. The van der Waals surface area contributed by atoms with Crippen LogP contribution < -0.4 is 5.32 Å². The lowest BCUT2D eigenvalue weighted by molar-refractivity contribution is 0.569.